The van der Waals surface area contributed by atoms with E-state index in [1.165, 1.54) is 18.2 Å². The number of hydrogen-bond donors (Lipinski definition) is 2. The molecule has 1 fully saturated rings. The van der Waals surface area contributed by atoms with Gasteiger partial charge in [-0.1, -0.05) is 30.3 Å². The minimum Gasteiger partial charge on any atom is -0.357 e. The van der Waals surface area contributed by atoms with Gasteiger partial charge in [0.15, 0.2) is 5.96 Å². The van der Waals surface area contributed by atoms with Crippen LogP contribution in [0.2, 0.25) is 0 Å². The molecule has 0 saturated carbocycles. The molecule has 0 bridgehead atoms. The first-order chi connectivity index (χ1) is 13.4. The van der Waals surface area contributed by atoms with E-state index in [9.17, 15) is 8.42 Å². The Morgan fingerprint density at radius 2 is 2.03 bits per heavy atom. The molecule has 6 nitrogen and oxygen atoms in total. The first-order valence-electron chi connectivity index (χ1n) is 10.3. The van der Waals surface area contributed by atoms with Crippen LogP contribution in [0.5, 0.6) is 0 Å². The van der Waals surface area contributed by atoms with Gasteiger partial charge in [0.05, 0.1) is 5.75 Å². The van der Waals surface area contributed by atoms with E-state index in [0.717, 1.165) is 45.1 Å². The predicted octanol–water partition coefficient (Wildman–Crippen LogP) is 2.55. The predicted molar refractivity (Wildman–Crippen MR) is 133 cm³/mol. The standard InChI is InChI=1S/C21H36N4O2S.HI/c1-4-22-21(24-18(2)12-15-28(3,26)27)23-16-20-11-14-25(17-20)13-10-19-8-6-5-7-9-19;/h5-9,18,20H,4,10-17H2,1-3H3,(H2,22,23,24);1H. The van der Waals surface area contributed by atoms with Crippen molar-refractivity contribution in [2.24, 2.45) is 10.9 Å². The molecule has 0 aliphatic carbocycles. The molecule has 0 spiro atoms. The fourth-order valence-electron chi connectivity index (χ4n) is 3.43. The highest BCUT2D eigenvalue weighted by Gasteiger charge is 2.22. The Bertz CT molecular complexity index is 713. The highest BCUT2D eigenvalue weighted by atomic mass is 127. The molecule has 166 valence electrons. The van der Waals surface area contributed by atoms with Gasteiger partial charge < -0.3 is 15.5 Å². The van der Waals surface area contributed by atoms with E-state index < -0.39 is 9.84 Å². The van der Waals surface area contributed by atoms with Crippen LogP contribution in [0.4, 0.5) is 0 Å². The van der Waals surface area contributed by atoms with Crippen LogP contribution in [0.1, 0.15) is 32.3 Å². The third-order valence-electron chi connectivity index (χ3n) is 5.09. The van der Waals surface area contributed by atoms with Gasteiger partial charge in [-0.2, -0.15) is 0 Å². The maximum atomic E-state index is 11.3. The average Bonchev–Trinajstić information content (AvgIpc) is 3.11. The molecule has 1 aromatic rings. The van der Waals surface area contributed by atoms with Gasteiger partial charge in [0.2, 0.25) is 0 Å². The van der Waals surface area contributed by atoms with E-state index in [2.05, 4.69) is 45.9 Å². The van der Waals surface area contributed by atoms with Gasteiger partial charge in [-0.25, -0.2) is 8.42 Å². The van der Waals surface area contributed by atoms with Gasteiger partial charge in [0, 0.05) is 38.5 Å². The molecule has 2 atom stereocenters. The van der Waals surface area contributed by atoms with Crippen molar-refractivity contribution in [2.75, 3.05) is 44.7 Å². The number of rotatable bonds is 10. The summed E-state index contributed by atoms with van der Waals surface area (Å²) in [6.07, 6.45) is 4.14. The summed E-state index contributed by atoms with van der Waals surface area (Å²) in [7, 11) is -2.93. The third-order valence-corrected chi connectivity index (χ3v) is 6.06. The summed E-state index contributed by atoms with van der Waals surface area (Å²) >= 11 is 0. The molecule has 29 heavy (non-hydrogen) atoms. The first kappa shape index (κ1) is 26.2. The zero-order valence-corrected chi connectivity index (χ0v) is 21.1. The van der Waals surface area contributed by atoms with Crippen molar-refractivity contribution >= 4 is 39.8 Å². The highest BCUT2D eigenvalue weighted by molar-refractivity contribution is 14.0. The molecule has 1 aliphatic heterocycles. The fourth-order valence-corrected chi connectivity index (χ4v) is 4.22. The maximum Gasteiger partial charge on any atom is 0.191 e. The van der Waals surface area contributed by atoms with Crippen molar-refractivity contribution in [3.8, 4) is 0 Å². The second-order valence-electron chi connectivity index (χ2n) is 7.87. The molecule has 0 radical (unpaired) electrons. The summed E-state index contributed by atoms with van der Waals surface area (Å²) in [5.74, 6) is 1.56. The van der Waals surface area contributed by atoms with E-state index >= 15 is 0 Å². The molecule has 2 rings (SSSR count). The summed E-state index contributed by atoms with van der Waals surface area (Å²) in [5.41, 5.74) is 1.39. The van der Waals surface area contributed by atoms with Crippen LogP contribution < -0.4 is 10.6 Å². The second-order valence-corrected chi connectivity index (χ2v) is 10.1. The molecule has 1 aromatic carbocycles. The molecular formula is C21H37IN4O2S. The van der Waals surface area contributed by atoms with E-state index in [-0.39, 0.29) is 35.8 Å². The largest absolute Gasteiger partial charge is 0.357 e. The quantitative estimate of drug-likeness (QED) is 0.273. The molecule has 2 unspecified atom stereocenters. The Balaban J connectivity index is 0.00000420. The summed E-state index contributed by atoms with van der Waals surface area (Å²) in [6.45, 7) is 8.97. The molecule has 1 saturated heterocycles. The van der Waals surface area contributed by atoms with Crippen molar-refractivity contribution in [1.29, 1.82) is 0 Å². The van der Waals surface area contributed by atoms with Crippen molar-refractivity contribution < 1.29 is 8.42 Å². The van der Waals surface area contributed by atoms with Crippen molar-refractivity contribution in [3.05, 3.63) is 35.9 Å². The SMILES string of the molecule is CCNC(=NCC1CCN(CCc2ccccc2)C1)NC(C)CCS(C)(=O)=O.I. The summed E-state index contributed by atoms with van der Waals surface area (Å²) in [5, 5.41) is 6.60. The number of guanidine groups is 1. The summed E-state index contributed by atoms with van der Waals surface area (Å²) in [4.78, 5) is 7.28. The van der Waals surface area contributed by atoms with E-state index in [0.29, 0.717) is 12.3 Å². The Labute approximate surface area is 193 Å². The topological polar surface area (TPSA) is 73.8 Å². The monoisotopic (exact) mass is 536 g/mol. The number of benzene rings is 1. The van der Waals surface area contributed by atoms with Crippen LogP contribution in [0.25, 0.3) is 0 Å². The maximum absolute atomic E-state index is 11.3. The normalized spacial score (nSPS) is 18.9. The Morgan fingerprint density at radius 3 is 2.69 bits per heavy atom. The minimum absolute atomic E-state index is 0. The smallest absolute Gasteiger partial charge is 0.191 e. The first-order valence-corrected chi connectivity index (χ1v) is 12.4. The van der Waals surface area contributed by atoms with Gasteiger partial charge >= 0.3 is 0 Å². The lowest BCUT2D eigenvalue weighted by atomic mass is 10.1. The van der Waals surface area contributed by atoms with Crippen LogP contribution >= 0.6 is 24.0 Å². The lowest BCUT2D eigenvalue weighted by Gasteiger charge is -2.18. The lowest BCUT2D eigenvalue weighted by Crippen LogP contribution is -2.43. The molecule has 0 aromatic heterocycles. The number of sulfone groups is 1. The molecule has 0 amide bonds. The van der Waals surface area contributed by atoms with E-state index in [1.54, 1.807) is 0 Å². The molecular weight excluding hydrogens is 499 g/mol. The zero-order valence-electron chi connectivity index (χ0n) is 17.9. The van der Waals surface area contributed by atoms with Gasteiger partial charge in [0.1, 0.15) is 9.84 Å². The molecule has 2 N–H and O–H groups in total. The van der Waals surface area contributed by atoms with Crippen LogP contribution in [0, 0.1) is 5.92 Å². The number of nitrogens with one attached hydrogen (secondary N) is 2. The van der Waals surface area contributed by atoms with Gasteiger partial charge in [-0.05, 0) is 51.1 Å². The number of hydrogen-bond acceptors (Lipinski definition) is 4. The number of aliphatic imine (C=N–C) groups is 1. The number of nitrogens with zero attached hydrogens (tertiary/aromatic N) is 2. The molecule has 1 aliphatic rings. The van der Waals surface area contributed by atoms with Crippen molar-refractivity contribution in [3.63, 3.8) is 0 Å². The Hall–Kier alpha value is -0.870. The third kappa shape index (κ3) is 11.2. The summed E-state index contributed by atoms with van der Waals surface area (Å²) in [6, 6.07) is 10.7. The summed E-state index contributed by atoms with van der Waals surface area (Å²) < 4.78 is 22.7. The number of likely N-dealkylation sites (tertiary alicyclic amines) is 1. The van der Waals surface area contributed by atoms with E-state index in [4.69, 9.17) is 4.99 Å². The van der Waals surface area contributed by atoms with E-state index in [1.807, 2.05) is 13.8 Å². The van der Waals surface area contributed by atoms with Crippen LogP contribution in [-0.4, -0.2) is 70.1 Å². The molecule has 1 heterocycles. The van der Waals surface area contributed by atoms with Crippen molar-refractivity contribution in [1.82, 2.24) is 15.5 Å². The highest BCUT2D eigenvalue weighted by Crippen LogP contribution is 2.17. The van der Waals surface area contributed by atoms with Gasteiger partial charge in [-0.3, -0.25) is 4.99 Å². The molecule has 8 heteroatoms. The second kappa shape index (κ2) is 13.4. The van der Waals surface area contributed by atoms with Crippen molar-refractivity contribution in [2.45, 2.75) is 39.2 Å². The van der Waals surface area contributed by atoms with Crippen LogP contribution in [0.3, 0.4) is 0 Å². The zero-order chi connectivity index (χ0) is 20.4. The average molecular weight is 537 g/mol. The Kier molecular flexibility index (Phi) is 12.1. The van der Waals surface area contributed by atoms with Crippen LogP contribution in [-0.2, 0) is 16.3 Å². The number of halogens is 1. The lowest BCUT2D eigenvalue weighted by molar-refractivity contribution is 0.329. The van der Waals surface area contributed by atoms with Gasteiger partial charge in [0.25, 0.3) is 0 Å². The Morgan fingerprint density at radius 1 is 1.31 bits per heavy atom. The fraction of sp³-hybridized carbons (Fsp3) is 0.667. The van der Waals surface area contributed by atoms with Crippen LogP contribution in [0.15, 0.2) is 35.3 Å². The minimum atomic E-state index is -2.93. The van der Waals surface area contributed by atoms with Gasteiger partial charge in [-0.15, -0.1) is 24.0 Å².